The Labute approximate surface area is 297 Å². The molecule has 5 rings (SSSR count). The smallest absolute Gasteiger partial charge is 0.329 e. The number of phenolic OH excluding ortho intramolecular Hbond substituents is 2. The summed E-state index contributed by atoms with van der Waals surface area (Å²) in [5.41, 5.74) is 0.962. The van der Waals surface area contributed by atoms with Gasteiger partial charge in [-0.25, -0.2) is 4.79 Å². The number of amides is 4. The van der Waals surface area contributed by atoms with Gasteiger partial charge in [0, 0.05) is 25.9 Å². The maximum Gasteiger partial charge on any atom is 0.329 e. The average Bonchev–Trinajstić information content (AvgIpc) is 3.83. The van der Waals surface area contributed by atoms with Gasteiger partial charge in [-0.2, -0.15) is 0 Å². The number of phenols is 2. The number of aromatic hydroxyl groups is 2. The number of carbonyl (C=O) groups is 5. The van der Waals surface area contributed by atoms with E-state index in [9.17, 15) is 34.2 Å². The quantitative estimate of drug-likeness (QED) is 0.186. The SMILES string of the molecule is C[C@@](Cc1ccc(O)cc1)(NC(=O)[C@@H]1CCCN1C(=O)CCCc1ccc(O)cc1)C(=O)NCC(=O)N1CCC[C@H]1C(=O)OCc1ccccc1. The summed E-state index contributed by atoms with van der Waals surface area (Å²) >= 11 is 0. The summed E-state index contributed by atoms with van der Waals surface area (Å²) in [6, 6.07) is 20.8. The Balaban J connectivity index is 1.20. The molecule has 2 fully saturated rings. The fourth-order valence-electron chi connectivity index (χ4n) is 6.73. The molecule has 0 radical (unpaired) electrons. The zero-order chi connectivity index (χ0) is 36.4. The zero-order valence-corrected chi connectivity index (χ0v) is 28.9. The maximum atomic E-state index is 13.9. The summed E-state index contributed by atoms with van der Waals surface area (Å²) < 4.78 is 5.49. The summed E-state index contributed by atoms with van der Waals surface area (Å²) in [6.45, 7) is 2.04. The van der Waals surface area contributed by atoms with Gasteiger partial charge in [0.2, 0.25) is 23.6 Å². The van der Waals surface area contributed by atoms with E-state index >= 15 is 0 Å². The highest BCUT2D eigenvalue weighted by Crippen LogP contribution is 2.24. The van der Waals surface area contributed by atoms with Crippen LogP contribution in [0.2, 0.25) is 0 Å². The number of hydrogen-bond acceptors (Lipinski definition) is 8. The fourth-order valence-corrected chi connectivity index (χ4v) is 6.73. The van der Waals surface area contributed by atoms with Crippen molar-refractivity contribution in [2.45, 2.75) is 82.5 Å². The predicted octanol–water partition coefficient (Wildman–Crippen LogP) is 3.38. The molecule has 0 bridgehead atoms. The number of rotatable bonds is 14. The molecule has 0 spiro atoms. The highest BCUT2D eigenvalue weighted by atomic mass is 16.5. The number of aryl methyl sites for hydroxylation is 1. The van der Waals surface area contributed by atoms with Crippen LogP contribution in [0.5, 0.6) is 11.5 Å². The number of esters is 1. The van der Waals surface area contributed by atoms with Crippen molar-refractivity contribution in [3.63, 3.8) is 0 Å². The van der Waals surface area contributed by atoms with E-state index in [0.717, 1.165) is 11.1 Å². The Bertz CT molecular complexity index is 1680. The van der Waals surface area contributed by atoms with Crippen molar-refractivity contribution in [2.24, 2.45) is 0 Å². The first-order valence-electron chi connectivity index (χ1n) is 17.5. The number of ether oxygens (including phenoxy) is 1. The maximum absolute atomic E-state index is 13.9. The molecule has 4 N–H and O–H groups in total. The minimum absolute atomic E-state index is 0.0461. The van der Waals surface area contributed by atoms with Crippen molar-refractivity contribution in [3.05, 3.63) is 95.6 Å². The van der Waals surface area contributed by atoms with E-state index in [1.165, 1.54) is 17.0 Å². The average molecular weight is 699 g/mol. The molecule has 2 aliphatic rings. The van der Waals surface area contributed by atoms with Crippen LogP contribution in [0.1, 0.15) is 62.1 Å². The van der Waals surface area contributed by atoms with Crippen LogP contribution in [0.4, 0.5) is 0 Å². The second kappa shape index (κ2) is 17.0. The van der Waals surface area contributed by atoms with Crippen molar-refractivity contribution < 1.29 is 38.9 Å². The van der Waals surface area contributed by atoms with Gasteiger partial charge in [0.15, 0.2) is 0 Å². The van der Waals surface area contributed by atoms with Crippen LogP contribution in [0.3, 0.4) is 0 Å². The van der Waals surface area contributed by atoms with E-state index in [0.29, 0.717) is 57.2 Å². The summed E-state index contributed by atoms with van der Waals surface area (Å²) in [4.78, 5) is 70.1. The molecule has 0 aromatic heterocycles. The third-order valence-electron chi connectivity index (χ3n) is 9.53. The Morgan fingerprint density at radius 2 is 1.35 bits per heavy atom. The fraction of sp³-hybridized carbons (Fsp3) is 0.410. The molecule has 2 heterocycles. The largest absolute Gasteiger partial charge is 0.508 e. The van der Waals surface area contributed by atoms with Crippen LogP contribution < -0.4 is 10.6 Å². The lowest BCUT2D eigenvalue weighted by atomic mass is 9.91. The number of hydrogen-bond donors (Lipinski definition) is 4. The molecule has 51 heavy (non-hydrogen) atoms. The van der Waals surface area contributed by atoms with Gasteiger partial charge in [-0.3, -0.25) is 19.2 Å². The van der Waals surface area contributed by atoms with Crippen LogP contribution in [-0.4, -0.2) is 86.9 Å². The molecule has 3 atom stereocenters. The van der Waals surface area contributed by atoms with Crippen LogP contribution in [0.15, 0.2) is 78.9 Å². The van der Waals surface area contributed by atoms with Crippen molar-refractivity contribution in [2.75, 3.05) is 19.6 Å². The van der Waals surface area contributed by atoms with E-state index in [2.05, 4.69) is 10.6 Å². The lowest BCUT2D eigenvalue weighted by Gasteiger charge is -2.33. The lowest BCUT2D eigenvalue weighted by molar-refractivity contribution is -0.154. The number of nitrogens with one attached hydrogen (secondary N) is 2. The van der Waals surface area contributed by atoms with Gasteiger partial charge in [-0.05, 0) is 86.4 Å². The number of likely N-dealkylation sites (tertiary alicyclic amines) is 2. The number of carbonyl (C=O) groups excluding carboxylic acids is 5. The minimum atomic E-state index is -1.52. The molecule has 270 valence electrons. The third-order valence-corrected chi connectivity index (χ3v) is 9.53. The van der Waals surface area contributed by atoms with E-state index in [1.54, 1.807) is 36.1 Å². The molecular formula is C39H46N4O8. The lowest BCUT2D eigenvalue weighted by Crippen LogP contribution is -2.62. The zero-order valence-electron chi connectivity index (χ0n) is 28.9. The van der Waals surface area contributed by atoms with Crippen molar-refractivity contribution in [3.8, 4) is 11.5 Å². The van der Waals surface area contributed by atoms with Crippen LogP contribution in [0, 0.1) is 0 Å². The third kappa shape index (κ3) is 9.87. The Morgan fingerprint density at radius 1 is 0.765 bits per heavy atom. The first-order chi connectivity index (χ1) is 24.5. The number of benzene rings is 3. The van der Waals surface area contributed by atoms with Crippen LogP contribution in [-0.2, 0) is 48.2 Å². The number of nitrogens with zero attached hydrogens (tertiary/aromatic N) is 2. The second-order valence-corrected chi connectivity index (χ2v) is 13.5. The normalized spacial score (nSPS) is 18.1. The summed E-state index contributed by atoms with van der Waals surface area (Å²) in [5.74, 6) is -1.95. The van der Waals surface area contributed by atoms with Crippen molar-refractivity contribution in [1.29, 1.82) is 0 Å². The van der Waals surface area contributed by atoms with Gasteiger partial charge in [0.1, 0.15) is 35.7 Å². The first-order valence-corrected chi connectivity index (χ1v) is 17.5. The molecule has 3 aromatic rings. The van der Waals surface area contributed by atoms with Gasteiger partial charge < -0.3 is 35.4 Å². The van der Waals surface area contributed by atoms with Gasteiger partial charge in [0.05, 0.1) is 6.54 Å². The monoisotopic (exact) mass is 698 g/mol. The molecule has 0 aliphatic carbocycles. The van der Waals surface area contributed by atoms with E-state index in [4.69, 9.17) is 4.74 Å². The molecule has 0 unspecified atom stereocenters. The molecule has 2 aliphatic heterocycles. The Hall–Kier alpha value is -5.39. The summed E-state index contributed by atoms with van der Waals surface area (Å²) in [5, 5.41) is 24.9. The van der Waals surface area contributed by atoms with Gasteiger partial charge >= 0.3 is 5.97 Å². The van der Waals surface area contributed by atoms with Gasteiger partial charge in [-0.1, -0.05) is 54.6 Å². The Kier molecular flexibility index (Phi) is 12.3. The minimum Gasteiger partial charge on any atom is -0.508 e. The van der Waals surface area contributed by atoms with E-state index in [-0.39, 0.29) is 36.9 Å². The van der Waals surface area contributed by atoms with Gasteiger partial charge in [-0.15, -0.1) is 0 Å². The first kappa shape index (κ1) is 36.9. The van der Waals surface area contributed by atoms with Gasteiger partial charge in [0.25, 0.3) is 0 Å². The van der Waals surface area contributed by atoms with E-state index < -0.39 is 47.9 Å². The second-order valence-electron chi connectivity index (χ2n) is 13.5. The van der Waals surface area contributed by atoms with Crippen LogP contribution >= 0.6 is 0 Å². The standard InChI is InChI=1S/C39H46N4O8/c1-39(24-28-16-20-31(45)21-17-28,41-36(48)32-11-6-22-42(32)34(46)13-5-10-27-14-18-30(44)19-15-27)38(50)40-25-35(47)43-23-7-12-33(43)37(49)51-26-29-8-3-2-4-9-29/h2-4,8-9,14-21,32-33,44-45H,5-7,10-13,22-26H2,1H3,(H,40,50)(H,41,48)/t32-,33-,39-/m0/s1. The van der Waals surface area contributed by atoms with E-state index in [1.807, 2.05) is 42.5 Å². The topological polar surface area (TPSA) is 166 Å². The summed E-state index contributed by atoms with van der Waals surface area (Å²) in [6.07, 6.45) is 3.67. The molecule has 0 saturated carbocycles. The molecule has 12 heteroatoms. The highest BCUT2D eigenvalue weighted by Gasteiger charge is 2.41. The molecule has 12 nitrogen and oxygen atoms in total. The molecule has 2 saturated heterocycles. The van der Waals surface area contributed by atoms with Crippen LogP contribution in [0.25, 0.3) is 0 Å². The molecule has 3 aromatic carbocycles. The predicted molar refractivity (Wildman–Crippen MR) is 188 cm³/mol. The molecular weight excluding hydrogens is 652 g/mol. The van der Waals surface area contributed by atoms with Crippen molar-refractivity contribution >= 4 is 29.6 Å². The molecule has 4 amide bonds. The highest BCUT2D eigenvalue weighted by molar-refractivity contribution is 5.96. The summed E-state index contributed by atoms with van der Waals surface area (Å²) in [7, 11) is 0. The Morgan fingerprint density at radius 3 is 2.00 bits per heavy atom. The van der Waals surface area contributed by atoms with Crippen molar-refractivity contribution in [1.82, 2.24) is 20.4 Å².